The largest absolute Gasteiger partial charge is 0.135 e. The summed E-state index contributed by atoms with van der Waals surface area (Å²) in [6.07, 6.45) is 0. The van der Waals surface area contributed by atoms with Gasteiger partial charge in [0.2, 0.25) is 0 Å². The van der Waals surface area contributed by atoms with E-state index in [-0.39, 0.29) is 0 Å². The molecule has 0 saturated heterocycles. The van der Waals surface area contributed by atoms with E-state index in [2.05, 4.69) is 170 Å². The number of thiophene rings is 1. The SMILES string of the molecule is c1ccc(-c2ccccc2-c2ccc(-c3ccccc3)c(-c3cccc4sc5ccccc5c34)c2-c2ccccc2)cc1. The van der Waals surface area contributed by atoms with Crippen molar-refractivity contribution in [2.24, 2.45) is 0 Å². The molecule has 0 spiro atoms. The highest BCUT2D eigenvalue weighted by atomic mass is 32.1. The van der Waals surface area contributed by atoms with E-state index in [1.807, 2.05) is 11.3 Å². The van der Waals surface area contributed by atoms with Gasteiger partial charge in [0.05, 0.1) is 0 Å². The van der Waals surface area contributed by atoms with Gasteiger partial charge in [-0.1, -0.05) is 158 Å². The molecule has 0 aliphatic heterocycles. The molecular weight excluding hydrogens is 537 g/mol. The zero-order chi connectivity index (χ0) is 28.6. The topological polar surface area (TPSA) is 0 Å². The molecule has 1 heterocycles. The number of benzene rings is 7. The van der Waals surface area contributed by atoms with E-state index in [0.29, 0.717) is 0 Å². The summed E-state index contributed by atoms with van der Waals surface area (Å²) in [4.78, 5) is 0. The second-order valence-electron chi connectivity index (χ2n) is 10.8. The van der Waals surface area contributed by atoms with Crippen LogP contribution in [0.1, 0.15) is 0 Å². The lowest BCUT2D eigenvalue weighted by Gasteiger charge is -2.22. The van der Waals surface area contributed by atoms with Gasteiger partial charge >= 0.3 is 0 Å². The molecule has 0 radical (unpaired) electrons. The van der Waals surface area contributed by atoms with Gasteiger partial charge in [0.15, 0.2) is 0 Å². The van der Waals surface area contributed by atoms with Crippen molar-refractivity contribution in [1.82, 2.24) is 0 Å². The molecule has 202 valence electrons. The highest BCUT2D eigenvalue weighted by molar-refractivity contribution is 7.25. The van der Waals surface area contributed by atoms with E-state index in [0.717, 1.165) is 0 Å². The van der Waals surface area contributed by atoms with Gasteiger partial charge in [-0.25, -0.2) is 0 Å². The second kappa shape index (κ2) is 10.9. The molecular formula is C42H28S. The third-order valence-electron chi connectivity index (χ3n) is 8.33. The summed E-state index contributed by atoms with van der Waals surface area (Å²) in [6.45, 7) is 0. The quantitative estimate of drug-likeness (QED) is 0.195. The van der Waals surface area contributed by atoms with Crippen molar-refractivity contribution in [3.8, 4) is 55.6 Å². The molecule has 1 aromatic heterocycles. The maximum absolute atomic E-state index is 2.34. The number of hydrogen-bond acceptors (Lipinski definition) is 1. The summed E-state index contributed by atoms with van der Waals surface area (Å²) < 4.78 is 2.63. The predicted octanol–water partition coefficient (Wildman–Crippen LogP) is 12.4. The first-order valence-corrected chi connectivity index (χ1v) is 15.5. The van der Waals surface area contributed by atoms with Crippen molar-refractivity contribution in [1.29, 1.82) is 0 Å². The summed E-state index contributed by atoms with van der Waals surface area (Å²) in [5.74, 6) is 0. The van der Waals surface area contributed by atoms with Crippen LogP contribution in [-0.4, -0.2) is 0 Å². The lowest BCUT2D eigenvalue weighted by molar-refractivity contribution is 1.54. The molecule has 0 saturated carbocycles. The zero-order valence-corrected chi connectivity index (χ0v) is 24.4. The fourth-order valence-electron chi connectivity index (χ4n) is 6.44. The first-order chi connectivity index (χ1) is 21.4. The van der Waals surface area contributed by atoms with Gasteiger partial charge in [0.1, 0.15) is 0 Å². The highest BCUT2D eigenvalue weighted by Gasteiger charge is 2.23. The molecule has 0 atom stereocenters. The lowest BCUT2D eigenvalue weighted by Crippen LogP contribution is -1.96. The van der Waals surface area contributed by atoms with Crippen LogP contribution in [0.3, 0.4) is 0 Å². The van der Waals surface area contributed by atoms with Crippen molar-refractivity contribution < 1.29 is 0 Å². The smallest absolute Gasteiger partial charge is 0.0361 e. The Bertz CT molecular complexity index is 2210. The van der Waals surface area contributed by atoms with Crippen LogP contribution in [0.15, 0.2) is 170 Å². The normalized spacial score (nSPS) is 11.3. The van der Waals surface area contributed by atoms with Gasteiger partial charge in [0, 0.05) is 20.2 Å². The van der Waals surface area contributed by atoms with Gasteiger partial charge in [-0.15, -0.1) is 11.3 Å². The Hall–Kier alpha value is -5.24. The fraction of sp³-hybridized carbons (Fsp3) is 0. The molecule has 43 heavy (non-hydrogen) atoms. The minimum Gasteiger partial charge on any atom is -0.135 e. The highest BCUT2D eigenvalue weighted by Crippen LogP contribution is 2.50. The van der Waals surface area contributed by atoms with Crippen molar-refractivity contribution in [3.05, 3.63) is 170 Å². The van der Waals surface area contributed by atoms with Crippen LogP contribution >= 0.6 is 11.3 Å². The lowest BCUT2D eigenvalue weighted by atomic mass is 9.80. The van der Waals surface area contributed by atoms with Gasteiger partial charge in [-0.2, -0.15) is 0 Å². The summed E-state index contributed by atoms with van der Waals surface area (Å²) in [6, 6.07) is 61.6. The molecule has 1 heteroatoms. The second-order valence-corrected chi connectivity index (χ2v) is 11.9. The van der Waals surface area contributed by atoms with Crippen LogP contribution in [0.5, 0.6) is 0 Å². The Morgan fingerprint density at radius 2 is 0.791 bits per heavy atom. The van der Waals surface area contributed by atoms with Gasteiger partial charge < -0.3 is 0 Å². The van der Waals surface area contributed by atoms with Crippen LogP contribution in [0.25, 0.3) is 75.8 Å². The maximum Gasteiger partial charge on any atom is 0.0361 e. The zero-order valence-electron chi connectivity index (χ0n) is 23.6. The molecule has 0 amide bonds. The monoisotopic (exact) mass is 564 g/mol. The molecule has 0 bridgehead atoms. The Morgan fingerprint density at radius 3 is 1.51 bits per heavy atom. The van der Waals surface area contributed by atoms with Crippen molar-refractivity contribution >= 4 is 31.5 Å². The number of hydrogen-bond donors (Lipinski definition) is 0. The van der Waals surface area contributed by atoms with E-state index in [1.54, 1.807) is 0 Å². The number of fused-ring (bicyclic) bond motifs is 3. The summed E-state index contributed by atoms with van der Waals surface area (Å²) in [5, 5.41) is 2.64. The summed E-state index contributed by atoms with van der Waals surface area (Å²) in [7, 11) is 0. The van der Waals surface area contributed by atoms with E-state index in [9.17, 15) is 0 Å². The van der Waals surface area contributed by atoms with Crippen molar-refractivity contribution in [2.75, 3.05) is 0 Å². The average molecular weight is 565 g/mol. The molecule has 0 N–H and O–H groups in total. The summed E-state index contributed by atoms with van der Waals surface area (Å²) in [5.41, 5.74) is 12.4. The standard InChI is InChI=1S/C42H28S/c1-4-15-29(16-5-1)32-21-10-11-22-34(32)35-28-27-33(30-17-6-2-7-18-30)42(40(35)31-19-8-3-9-20-31)37-24-14-26-39-41(37)36-23-12-13-25-38(36)43-39/h1-28H. The van der Waals surface area contributed by atoms with Crippen molar-refractivity contribution in [3.63, 3.8) is 0 Å². The third kappa shape index (κ3) is 4.46. The minimum atomic E-state index is 1.21. The molecule has 0 aliphatic carbocycles. The minimum absolute atomic E-state index is 1.21. The van der Waals surface area contributed by atoms with Crippen LogP contribution in [0, 0.1) is 0 Å². The van der Waals surface area contributed by atoms with Gasteiger partial charge in [-0.3, -0.25) is 0 Å². The van der Waals surface area contributed by atoms with Crippen LogP contribution in [-0.2, 0) is 0 Å². The van der Waals surface area contributed by atoms with Crippen LogP contribution in [0.4, 0.5) is 0 Å². The average Bonchev–Trinajstić information content (AvgIpc) is 3.48. The first-order valence-electron chi connectivity index (χ1n) is 14.7. The molecule has 0 aliphatic rings. The molecule has 0 unspecified atom stereocenters. The van der Waals surface area contributed by atoms with Crippen molar-refractivity contribution in [2.45, 2.75) is 0 Å². The predicted molar refractivity (Wildman–Crippen MR) is 187 cm³/mol. The Labute approximate surface area is 256 Å². The Morgan fingerprint density at radius 1 is 0.279 bits per heavy atom. The van der Waals surface area contributed by atoms with E-state index >= 15 is 0 Å². The third-order valence-corrected chi connectivity index (χ3v) is 9.46. The maximum atomic E-state index is 2.34. The van der Waals surface area contributed by atoms with Gasteiger partial charge in [0.25, 0.3) is 0 Å². The van der Waals surface area contributed by atoms with E-state index in [4.69, 9.17) is 0 Å². The first kappa shape index (κ1) is 25.5. The van der Waals surface area contributed by atoms with Gasteiger partial charge in [-0.05, 0) is 67.8 Å². The van der Waals surface area contributed by atoms with Crippen LogP contribution in [0.2, 0.25) is 0 Å². The fourth-order valence-corrected chi connectivity index (χ4v) is 7.57. The molecule has 8 rings (SSSR count). The molecule has 8 aromatic rings. The van der Waals surface area contributed by atoms with Crippen LogP contribution < -0.4 is 0 Å². The number of rotatable bonds is 5. The molecule has 0 fully saturated rings. The van der Waals surface area contributed by atoms with E-state index in [1.165, 1.54) is 75.8 Å². The Kier molecular flexibility index (Phi) is 6.44. The summed E-state index contributed by atoms with van der Waals surface area (Å²) >= 11 is 1.87. The van der Waals surface area contributed by atoms with E-state index < -0.39 is 0 Å². The molecule has 0 nitrogen and oxygen atoms in total. The molecule has 7 aromatic carbocycles. The Balaban J connectivity index is 1.55.